The van der Waals surface area contributed by atoms with Gasteiger partial charge in [0.2, 0.25) is 5.91 Å². The Bertz CT molecular complexity index is 499. The maximum Gasteiger partial charge on any atom is 0.224 e. The molecule has 1 unspecified atom stereocenters. The minimum Gasteiger partial charge on any atom is -0.399 e. The summed E-state index contributed by atoms with van der Waals surface area (Å²) in [5, 5.41) is 3.49. The second-order valence-corrected chi connectivity index (χ2v) is 6.35. The second-order valence-electron chi connectivity index (χ2n) is 5.54. The summed E-state index contributed by atoms with van der Waals surface area (Å²) in [7, 11) is 0. The number of nitrogens with two attached hydrogens (primary N) is 1. The molecule has 116 valence electrons. The average Bonchev–Trinajstić information content (AvgIpc) is 2.80. The summed E-state index contributed by atoms with van der Waals surface area (Å²) in [5.74, 6) is -0.0737. The summed E-state index contributed by atoms with van der Waals surface area (Å²) in [6.45, 7) is 4.33. The molecule has 0 aromatic heterocycles. The number of hydrogen-bond acceptors (Lipinski definition) is 3. The van der Waals surface area contributed by atoms with Crippen LogP contribution in [0.2, 0.25) is 10.0 Å². The van der Waals surface area contributed by atoms with Crippen molar-refractivity contribution < 1.29 is 4.79 Å². The number of nitrogen functional groups attached to an aromatic ring is 1. The Morgan fingerprint density at radius 3 is 2.67 bits per heavy atom. The number of rotatable bonds is 5. The normalized spacial score (nSPS) is 18.9. The van der Waals surface area contributed by atoms with Gasteiger partial charge in [0.25, 0.3) is 0 Å². The third-order valence-corrected chi connectivity index (χ3v) is 4.46. The van der Waals surface area contributed by atoms with Crippen molar-refractivity contribution in [2.75, 3.05) is 24.1 Å². The van der Waals surface area contributed by atoms with E-state index in [0.717, 1.165) is 19.5 Å². The zero-order valence-corrected chi connectivity index (χ0v) is 13.7. The van der Waals surface area contributed by atoms with Crippen LogP contribution in [0.15, 0.2) is 12.1 Å². The fraction of sp³-hybridized carbons (Fsp3) is 0.533. The lowest BCUT2D eigenvalue weighted by atomic mass is 10.2. The SMILES string of the molecule is CC1CCCN1CCCC(=O)Nc1c(Cl)cc(N)cc1Cl. The molecule has 21 heavy (non-hydrogen) atoms. The van der Waals surface area contributed by atoms with Gasteiger partial charge in [0.1, 0.15) is 0 Å². The fourth-order valence-corrected chi connectivity index (χ4v) is 3.28. The van der Waals surface area contributed by atoms with Gasteiger partial charge in [-0.15, -0.1) is 0 Å². The first-order valence-electron chi connectivity index (χ1n) is 7.26. The van der Waals surface area contributed by atoms with Crippen LogP contribution < -0.4 is 11.1 Å². The predicted molar refractivity (Wildman–Crippen MR) is 89.0 cm³/mol. The van der Waals surface area contributed by atoms with Crippen molar-refractivity contribution in [3.05, 3.63) is 22.2 Å². The Labute approximate surface area is 135 Å². The summed E-state index contributed by atoms with van der Waals surface area (Å²) < 4.78 is 0. The average molecular weight is 330 g/mol. The number of anilines is 2. The zero-order valence-electron chi connectivity index (χ0n) is 12.2. The number of nitrogens with one attached hydrogen (secondary N) is 1. The lowest BCUT2D eigenvalue weighted by molar-refractivity contribution is -0.116. The molecule has 1 aliphatic heterocycles. The van der Waals surface area contributed by atoms with E-state index in [-0.39, 0.29) is 5.91 Å². The van der Waals surface area contributed by atoms with Crippen LogP contribution in [-0.2, 0) is 4.79 Å². The molecule has 0 saturated carbocycles. The van der Waals surface area contributed by atoms with Crippen LogP contribution in [0, 0.1) is 0 Å². The maximum absolute atomic E-state index is 12.0. The molecular formula is C15H21Cl2N3O. The summed E-state index contributed by atoms with van der Waals surface area (Å²) >= 11 is 12.1. The molecule has 3 N–H and O–H groups in total. The highest BCUT2D eigenvalue weighted by molar-refractivity contribution is 6.40. The van der Waals surface area contributed by atoms with Crippen LogP contribution in [-0.4, -0.2) is 29.9 Å². The summed E-state index contributed by atoms with van der Waals surface area (Å²) in [4.78, 5) is 14.4. The fourth-order valence-electron chi connectivity index (χ4n) is 2.68. The van der Waals surface area contributed by atoms with Gasteiger partial charge in [-0.3, -0.25) is 4.79 Å². The third-order valence-electron chi connectivity index (χ3n) is 3.87. The number of nitrogens with zero attached hydrogens (tertiary/aromatic N) is 1. The maximum atomic E-state index is 12.0. The van der Waals surface area contributed by atoms with E-state index in [4.69, 9.17) is 28.9 Å². The van der Waals surface area contributed by atoms with Crippen LogP contribution in [0.3, 0.4) is 0 Å². The van der Waals surface area contributed by atoms with Crippen LogP contribution in [0.25, 0.3) is 0 Å². The van der Waals surface area contributed by atoms with Crippen LogP contribution in [0.4, 0.5) is 11.4 Å². The van der Waals surface area contributed by atoms with Gasteiger partial charge in [-0.2, -0.15) is 0 Å². The molecule has 0 spiro atoms. The van der Waals surface area contributed by atoms with Crippen molar-refractivity contribution in [3.63, 3.8) is 0 Å². The van der Waals surface area contributed by atoms with E-state index in [9.17, 15) is 4.79 Å². The molecule has 6 heteroatoms. The van der Waals surface area contributed by atoms with E-state index in [1.165, 1.54) is 12.8 Å². The molecule has 1 fully saturated rings. The highest BCUT2D eigenvalue weighted by atomic mass is 35.5. The first-order chi connectivity index (χ1) is 9.97. The molecule has 1 aromatic rings. The van der Waals surface area contributed by atoms with Crippen molar-refractivity contribution in [3.8, 4) is 0 Å². The van der Waals surface area contributed by atoms with E-state index < -0.39 is 0 Å². The molecule has 0 bridgehead atoms. The minimum absolute atomic E-state index is 0.0737. The minimum atomic E-state index is -0.0737. The van der Waals surface area contributed by atoms with E-state index >= 15 is 0 Å². The second kappa shape index (κ2) is 7.34. The van der Waals surface area contributed by atoms with Crippen molar-refractivity contribution in [2.24, 2.45) is 0 Å². The Morgan fingerprint density at radius 1 is 1.43 bits per heavy atom. The Hall–Kier alpha value is -0.970. The summed E-state index contributed by atoms with van der Waals surface area (Å²) in [5.41, 5.74) is 6.55. The van der Waals surface area contributed by atoms with Crippen LogP contribution in [0.5, 0.6) is 0 Å². The van der Waals surface area contributed by atoms with Gasteiger partial charge < -0.3 is 16.0 Å². The molecule has 1 heterocycles. The summed E-state index contributed by atoms with van der Waals surface area (Å²) in [6.07, 6.45) is 3.80. The molecule has 0 aliphatic carbocycles. The lowest BCUT2D eigenvalue weighted by Gasteiger charge is -2.20. The molecule has 4 nitrogen and oxygen atoms in total. The molecule has 1 saturated heterocycles. The van der Waals surface area contributed by atoms with Crippen LogP contribution in [0.1, 0.15) is 32.6 Å². The monoisotopic (exact) mass is 329 g/mol. The molecule has 1 aliphatic rings. The van der Waals surface area contributed by atoms with E-state index in [2.05, 4.69) is 17.1 Å². The first-order valence-corrected chi connectivity index (χ1v) is 8.01. The van der Waals surface area contributed by atoms with Crippen molar-refractivity contribution in [1.82, 2.24) is 4.90 Å². The topological polar surface area (TPSA) is 58.4 Å². The number of likely N-dealkylation sites (tertiary alicyclic amines) is 1. The van der Waals surface area contributed by atoms with E-state index in [0.29, 0.717) is 33.9 Å². The third kappa shape index (κ3) is 4.50. The number of hydrogen-bond donors (Lipinski definition) is 2. The van der Waals surface area contributed by atoms with Crippen molar-refractivity contribution >= 4 is 40.5 Å². The van der Waals surface area contributed by atoms with Crippen molar-refractivity contribution in [1.29, 1.82) is 0 Å². The van der Waals surface area contributed by atoms with Gasteiger partial charge >= 0.3 is 0 Å². The molecule has 2 rings (SSSR count). The standard InChI is InChI=1S/C15H21Cl2N3O/c1-10-4-2-6-20(10)7-3-5-14(21)19-15-12(16)8-11(18)9-13(15)17/h8-10H,2-7,18H2,1H3,(H,19,21). The van der Waals surface area contributed by atoms with Gasteiger partial charge in [0, 0.05) is 18.2 Å². The molecule has 1 aromatic carbocycles. The quantitative estimate of drug-likeness (QED) is 0.808. The lowest BCUT2D eigenvalue weighted by Crippen LogP contribution is -2.28. The Morgan fingerprint density at radius 2 is 2.10 bits per heavy atom. The van der Waals surface area contributed by atoms with E-state index in [1.807, 2.05) is 0 Å². The largest absolute Gasteiger partial charge is 0.399 e. The zero-order chi connectivity index (χ0) is 15.4. The number of carbonyl (C=O) groups excluding carboxylic acids is 1. The molecule has 1 amide bonds. The number of benzene rings is 1. The molecular weight excluding hydrogens is 309 g/mol. The summed E-state index contributed by atoms with van der Waals surface area (Å²) in [6, 6.07) is 3.79. The van der Waals surface area contributed by atoms with Gasteiger partial charge in [0.05, 0.1) is 15.7 Å². The molecule has 1 atom stereocenters. The Kier molecular flexibility index (Phi) is 5.73. The van der Waals surface area contributed by atoms with Crippen molar-refractivity contribution in [2.45, 2.75) is 38.6 Å². The highest BCUT2D eigenvalue weighted by Gasteiger charge is 2.19. The Balaban J connectivity index is 1.82. The smallest absolute Gasteiger partial charge is 0.224 e. The predicted octanol–water partition coefficient (Wildman–Crippen LogP) is 3.78. The van der Waals surface area contributed by atoms with Crippen LogP contribution >= 0.6 is 23.2 Å². The first kappa shape index (κ1) is 16.4. The van der Waals surface area contributed by atoms with Gasteiger partial charge in [-0.05, 0) is 51.4 Å². The number of amides is 1. The van der Waals surface area contributed by atoms with E-state index in [1.54, 1.807) is 12.1 Å². The highest BCUT2D eigenvalue weighted by Crippen LogP contribution is 2.32. The number of halogens is 2. The van der Waals surface area contributed by atoms with Gasteiger partial charge in [-0.1, -0.05) is 23.2 Å². The van der Waals surface area contributed by atoms with Gasteiger partial charge in [0.15, 0.2) is 0 Å². The molecule has 0 radical (unpaired) electrons. The number of carbonyl (C=O) groups is 1. The van der Waals surface area contributed by atoms with Gasteiger partial charge in [-0.25, -0.2) is 0 Å².